The van der Waals surface area contributed by atoms with E-state index in [1.807, 2.05) is 0 Å². The van der Waals surface area contributed by atoms with Gasteiger partial charge < -0.3 is 10.3 Å². The highest BCUT2D eigenvalue weighted by atomic mass is 16.1. The predicted molar refractivity (Wildman–Crippen MR) is 54.2 cm³/mol. The van der Waals surface area contributed by atoms with E-state index >= 15 is 0 Å². The third-order valence-electron chi connectivity index (χ3n) is 2.10. The van der Waals surface area contributed by atoms with Gasteiger partial charge >= 0.3 is 0 Å². The van der Waals surface area contributed by atoms with Crippen LogP contribution in [0.15, 0.2) is 10.9 Å². The second kappa shape index (κ2) is 3.54. The van der Waals surface area contributed by atoms with Crippen LogP contribution in [-0.4, -0.2) is 16.5 Å². The minimum Gasteiger partial charge on any atom is -0.359 e. The maximum Gasteiger partial charge on any atom is 0.252 e. The largest absolute Gasteiger partial charge is 0.359 e. The molecule has 2 rings (SSSR count). The maximum atomic E-state index is 11.2. The van der Waals surface area contributed by atoms with E-state index in [-0.39, 0.29) is 5.56 Å². The van der Waals surface area contributed by atoms with E-state index in [0.29, 0.717) is 18.3 Å². The molecule has 1 aromatic heterocycles. The van der Waals surface area contributed by atoms with Crippen LogP contribution in [0.2, 0.25) is 0 Å². The molecule has 14 heavy (non-hydrogen) atoms. The molecule has 1 saturated carbocycles. The molecule has 0 radical (unpaired) electrons. The summed E-state index contributed by atoms with van der Waals surface area (Å²) in [6.07, 6.45) is 7.32. The number of aromatic nitrogens is 2. The van der Waals surface area contributed by atoms with Gasteiger partial charge in [0, 0.05) is 12.0 Å². The van der Waals surface area contributed by atoms with Gasteiger partial charge in [-0.15, -0.1) is 6.42 Å². The lowest BCUT2D eigenvalue weighted by Crippen LogP contribution is -2.13. The van der Waals surface area contributed by atoms with E-state index in [0.717, 1.165) is 18.7 Å². The van der Waals surface area contributed by atoms with Crippen molar-refractivity contribution < 1.29 is 0 Å². The summed E-state index contributed by atoms with van der Waals surface area (Å²) in [6.45, 7) is 0.389. The van der Waals surface area contributed by atoms with Gasteiger partial charge in [0.15, 0.2) is 0 Å². The fourth-order valence-corrected chi connectivity index (χ4v) is 1.26. The molecule has 4 heteroatoms. The summed E-state index contributed by atoms with van der Waals surface area (Å²) in [5.41, 5.74) is -0.124. The van der Waals surface area contributed by atoms with E-state index in [4.69, 9.17) is 6.42 Å². The fraction of sp³-hybridized carbons (Fsp3) is 0.400. The molecule has 1 heterocycles. The molecule has 1 aliphatic rings. The summed E-state index contributed by atoms with van der Waals surface area (Å²) < 4.78 is 0. The first-order valence-electron chi connectivity index (χ1n) is 4.58. The third kappa shape index (κ3) is 1.94. The van der Waals surface area contributed by atoms with Crippen LogP contribution in [0.5, 0.6) is 0 Å². The van der Waals surface area contributed by atoms with Crippen molar-refractivity contribution in [3.63, 3.8) is 0 Å². The normalized spacial score (nSPS) is 14.8. The molecule has 1 aromatic rings. The summed E-state index contributed by atoms with van der Waals surface area (Å²) in [6, 6.07) is 1.42. The number of anilines is 1. The second-order valence-electron chi connectivity index (χ2n) is 3.35. The molecule has 1 aliphatic carbocycles. The summed E-state index contributed by atoms with van der Waals surface area (Å²) in [5.74, 6) is 4.22. The van der Waals surface area contributed by atoms with Crippen molar-refractivity contribution in [3.05, 3.63) is 22.2 Å². The standard InChI is InChI=1S/C10H11N3O/c1-2-5-11-8-6-9(14)13-10(12-8)7-3-4-7/h1,6-7H,3-5H2,(H2,11,12,13,14). The highest BCUT2D eigenvalue weighted by Gasteiger charge is 2.26. The molecule has 0 aliphatic heterocycles. The Kier molecular flexibility index (Phi) is 2.23. The van der Waals surface area contributed by atoms with Gasteiger partial charge in [-0.05, 0) is 12.8 Å². The molecule has 0 unspecified atom stereocenters. The monoisotopic (exact) mass is 189 g/mol. The molecule has 0 saturated heterocycles. The van der Waals surface area contributed by atoms with Crippen LogP contribution in [0.1, 0.15) is 24.6 Å². The van der Waals surface area contributed by atoms with Crippen molar-refractivity contribution in [2.45, 2.75) is 18.8 Å². The Labute approximate surface area is 81.8 Å². The van der Waals surface area contributed by atoms with Gasteiger partial charge in [0.05, 0.1) is 6.54 Å². The van der Waals surface area contributed by atoms with Gasteiger partial charge in [-0.25, -0.2) is 4.98 Å². The highest BCUT2D eigenvalue weighted by Crippen LogP contribution is 2.37. The number of H-pyrrole nitrogens is 1. The van der Waals surface area contributed by atoms with Crippen LogP contribution in [0, 0.1) is 12.3 Å². The topological polar surface area (TPSA) is 57.8 Å². The van der Waals surface area contributed by atoms with E-state index < -0.39 is 0 Å². The number of nitrogens with one attached hydrogen (secondary N) is 2. The molecular formula is C10H11N3O. The van der Waals surface area contributed by atoms with E-state index in [2.05, 4.69) is 21.2 Å². The van der Waals surface area contributed by atoms with Crippen molar-refractivity contribution in [1.29, 1.82) is 0 Å². The molecule has 2 N–H and O–H groups in total. The van der Waals surface area contributed by atoms with Crippen LogP contribution < -0.4 is 10.9 Å². The lowest BCUT2D eigenvalue weighted by atomic mass is 10.4. The number of hydrogen-bond donors (Lipinski definition) is 2. The minimum absolute atomic E-state index is 0.124. The maximum absolute atomic E-state index is 11.2. The van der Waals surface area contributed by atoms with Gasteiger partial charge in [-0.2, -0.15) is 0 Å². The van der Waals surface area contributed by atoms with Crippen molar-refractivity contribution in [2.75, 3.05) is 11.9 Å². The Morgan fingerprint density at radius 1 is 1.71 bits per heavy atom. The van der Waals surface area contributed by atoms with E-state index in [1.165, 1.54) is 6.07 Å². The molecule has 0 spiro atoms. The smallest absolute Gasteiger partial charge is 0.252 e. The lowest BCUT2D eigenvalue weighted by Gasteiger charge is -2.02. The zero-order valence-electron chi connectivity index (χ0n) is 7.71. The first kappa shape index (κ1) is 8.82. The number of aromatic amines is 1. The third-order valence-corrected chi connectivity index (χ3v) is 2.10. The molecule has 0 amide bonds. The molecule has 0 aromatic carbocycles. The van der Waals surface area contributed by atoms with Crippen molar-refractivity contribution in [2.24, 2.45) is 0 Å². The quantitative estimate of drug-likeness (QED) is 0.688. The Morgan fingerprint density at radius 2 is 2.50 bits per heavy atom. The Hall–Kier alpha value is -1.76. The first-order valence-corrected chi connectivity index (χ1v) is 4.58. The second-order valence-corrected chi connectivity index (χ2v) is 3.35. The van der Waals surface area contributed by atoms with Crippen molar-refractivity contribution >= 4 is 5.82 Å². The Balaban J connectivity index is 2.23. The summed E-state index contributed by atoms with van der Waals surface area (Å²) in [4.78, 5) is 18.2. The summed E-state index contributed by atoms with van der Waals surface area (Å²) in [7, 11) is 0. The van der Waals surface area contributed by atoms with E-state index in [1.54, 1.807) is 0 Å². The molecule has 0 bridgehead atoms. The van der Waals surface area contributed by atoms with Crippen LogP contribution in [0.4, 0.5) is 5.82 Å². The minimum atomic E-state index is -0.124. The van der Waals surface area contributed by atoms with Gasteiger partial charge in [0.1, 0.15) is 11.6 Å². The molecule has 4 nitrogen and oxygen atoms in total. The van der Waals surface area contributed by atoms with Crippen molar-refractivity contribution in [3.8, 4) is 12.3 Å². The van der Waals surface area contributed by atoms with Crippen LogP contribution >= 0.6 is 0 Å². The van der Waals surface area contributed by atoms with Gasteiger partial charge in [0.2, 0.25) is 0 Å². The summed E-state index contributed by atoms with van der Waals surface area (Å²) in [5, 5.41) is 2.89. The number of nitrogens with zero attached hydrogens (tertiary/aromatic N) is 1. The molecule has 0 atom stereocenters. The SMILES string of the molecule is C#CCNc1cc(=O)[nH]c(C2CC2)n1. The first-order chi connectivity index (χ1) is 6.79. The van der Waals surface area contributed by atoms with Gasteiger partial charge in [-0.1, -0.05) is 5.92 Å². The molecule has 1 fully saturated rings. The Bertz CT molecular complexity index is 426. The number of terminal acetylenes is 1. The van der Waals surface area contributed by atoms with E-state index in [9.17, 15) is 4.79 Å². The van der Waals surface area contributed by atoms with Gasteiger partial charge in [-0.3, -0.25) is 4.79 Å². The predicted octanol–water partition coefficient (Wildman–Crippen LogP) is 0.692. The van der Waals surface area contributed by atoms with Gasteiger partial charge in [0.25, 0.3) is 5.56 Å². The van der Waals surface area contributed by atoms with Crippen LogP contribution in [0.25, 0.3) is 0 Å². The average Bonchev–Trinajstić information content (AvgIpc) is 2.97. The molecule has 72 valence electrons. The van der Waals surface area contributed by atoms with Crippen molar-refractivity contribution in [1.82, 2.24) is 9.97 Å². The summed E-state index contributed by atoms with van der Waals surface area (Å²) >= 11 is 0. The number of hydrogen-bond acceptors (Lipinski definition) is 3. The van der Waals surface area contributed by atoms with Crippen LogP contribution in [0.3, 0.4) is 0 Å². The zero-order valence-corrected chi connectivity index (χ0v) is 7.71. The fourth-order valence-electron chi connectivity index (χ4n) is 1.26. The molecular weight excluding hydrogens is 178 g/mol. The zero-order chi connectivity index (χ0) is 9.97. The lowest BCUT2D eigenvalue weighted by molar-refractivity contribution is 0.909. The average molecular weight is 189 g/mol. The Morgan fingerprint density at radius 3 is 3.14 bits per heavy atom. The highest BCUT2D eigenvalue weighted by molar-refractivity contribution is 5.35. The van der Waals surface area contributed by atoms with Crippen LogP contribution in [-0.2, 0) is 0 Å². The number of rotatable bonds is 3.